The van der Waals surface area contributed by atoms with Gasteiger partial charge in [0.2, 0.25) is 5.75 Å². The van der Waals surface area contributed by atoms with Crippen molar-refractivity contribution in [3.05, 3.63) is 77.4 Å². The van der Waals surface area contributed by atoms with E-state index in [-0.39, 0.29) is 23.1 Å². The summed E-state index contributed by atoms with van der Waals surface area (Å²) in [7, 11) is -4.29. The number of fused-ring (bicyclic) bond motifs is 1. The van der Waals surface area contributed by atoms with Crippen LogP contribution in [0.5, 0.6) is 17.2 Å². The Morgan fingerprint density at radius 1 is 0.949 bits per heavy atom. The Hall–Kier alpha value is -3.98. The Bertz CT molecular complexity index is 1560. The Morgan fingerprint density at radius 3 is 2.41 bits per heavy atom. The predicted octanol–water partition coefficient (Wildman–Crippen LogP) is 6.06. The Morgan fingerprint density at radius 2 is 1.69 bits per heavy atom. The fraction of sp³-hybridized carbons (Fsp3) is 0.300. The SMILES string of the molecule is CC(C)c1cc(S(=O)(=O)Nc2ccc3cc(C(=O)NCCCCC4=CC=CCC4)ccc3c2)c(O)c(O)c1O. The number of nitrogens with one attached hydrogen (secondary N) is 2. The van der Waals surface area contributed by atoms with Crippen LogP contribution in [0.3, 0.4) is 0 Å². The molecule has 0 aliphatic heterocycles. The standard InChI is InChI=1S/C30H34N2O6S/c1-19(2)25-18-26(28(34)29(35)27(25)33)39(37,38)32-24-14-13-21-16-23(12-11-22(21)17-24)30(36)31-15-7-6-10-20-8-4-3-5-9-20/h3-4,8,11-14,16-19,32-35H,5-7,9-10,15H2,1-2H3,(H,31,36). The van der Waals surface area contributed by atoms with Crippen LogP contribution in [-0.4, -0.2) is 36.2 Å². The van der Waals surface area contributed by atoms with E-state index < -0.39 is 32.2 Å². The van der Waals surface area contributed by atoms with Crippen LogP contribution < -0.4 is 10.0 Å². The highest BCUT2D eigenvalue weighted by atomic mass is 32.2. The minimum Gasteiger partial charge on any atom is -0.504 e. The number of anilines is 1. The summed E-state index contributed by atoms with van der Waals surface area (Å²) in [5, 5.41) is 34.8. The molecule has 3 aromatic rings. The van der Waals surface area contributed by atoms with Crippen molar-refractivity contribution in [2.75, 3.05) is 11.3 Å². The Kier molecular flexibility index (Phi) is 8.50. The van der Waals surface area contributed by atoms with E-state index in [0.29, 0.717) is 17.5 Å². The number of phenols is 3. The summed E-state index contributed by atoms with van der Waals surface area (Å²) in [5.74, 6) is -2.82. The summed E-state index contributed by atoms with van der Waals surface area (Å²) in [6, 6.07) is 11.2. The molecule has 0 heterocycles. The highest BCUT2D eigenvalue weighted by Gasteiger charge is 2.27. The van der Waals surface area contributed by atoms with E-state index in [1.807, 2.05) is 0 Å². The van der Waals surface area contributed by atoms with Gasteiger partial charge in [0.05, 0.1) is 0 Å². The second-order valence-corrected chi connectivity index (χ2v) is 11.7. The number of carbonyl (C=O) groups is 1. The van der Waals surface area contributed by atoms with E-state index in [1.165, 1.54) is 5.57 Å². The summed E-state index contributed by atoms with van der Waals surface area (Å²) in [4.78, 5) is 12.1. The van der Waals surface area contributed by atoms with Gasteiger partial charge in [-0.15, -0.1) is 0 Å². The van der Waals surface area contributed by atoms with Crippen molar-refractivity contribution in [1.29, 1.82) is 0 Å². The molecule has 206 valence electrons. The first-order valence-electron chi connectivity index (χ1n) is 13.0. The maximum atomic E-state index is 13.1. The molecule has 0 saturated heterocycles. The van der Waals surface area contributed by atoms with E-state index in [0.717, 1.165) is 43.6 Å². The zero-order chi connectivity index (χ0) is 28.2. The third-order valence-electron chi connectivity index (χ3n) is 6.82. The lowest BCUT2D eigenvalue weighted by atomic mass is 10.00. The fourth-order valence-corrected chi connectivity index (χ4v) is 5.77. The fourth-order valence-electron chi connectivity index (χ4n) is 4.59. The van der Waals surface area contributed by atoms with Crippen molar-refractivity contribution in [1.82, 2.24) is 5.32 Å². The van der Waals surface area contributed by atoms with Crippen LogP contribution in [0, 0.1) is 0 Å². The van der Waals surface area contributed by atoms with Crippen LogP contribution in [0.1, 0.15) is 67.8 Å². The van der Waals surface area contributed by atoms with Gasteiger partial charge < -0.3 is 20.6 Å². The van der Waals surface area contributed by atoms with Gasteiger partial charge in [-0.2, -0.15) is 0 Å². The van der Waals surface area contributed by atoms with E-state index in [4.69, 9.17) is 0 Å². The van der Waals surface area contributed by atoms with E-state index >= 15 is 0 Å². The lowest BCUT2D eigenvalue weighted by Crippen LogP contribution is -2.24. The van der Waals surface area contributed by atoms with Gasteiger partial charge >= 0.3 is 0 Å². The highest BCUT2D eigenvalue weighted by molar-refractivity contribution is 7.92. The number of hydrogen-bond acceptors (Lipinski definition) is 6. The molecule has 0 spiro atoms. The number of benzene rings is 3. The van der Waals surface area contributed by atoms with Gasteiger partial charge in [0.15, 0.2) is 11.5 Å². The number of sulfonamides is 1. The Labute approximate surface area is 228 Å². The van der Waals surface area contributed by atoms with E-state index in [9.17, 15) is 28.5 Å². The molecule has 9 heteroatoms. The molecule has 0 radical (unpaired) electrons. The summed E-state index contributed by atoms with van der Waals surface area (Å²) >= 11 is 0. The van der Waals surface area contributed by atoms with E-state index in [1.54, 1.807) is 50.2 Å². The summed E-state index contributed by atoms with van der Waals surface area (Å²) in [6.07, 6.45) is 11.6. The molecular formula is C30H34N2O6S. The molecule has 0 saturated carbocycles. The molecule has 39 heavy (non-hydrogen) atoms. The molecule has 0 unspecified atom stereocenters. The smallest absolute Gasteiger partial charge is 0.265 e. The number of allylic oxidation sites excluding steroid dienone is 4. The zero-order valence-electron chi connectivity index (χ0n) is 22.1. The van der Waals surface area contributed by atoms with Gasteiger partial charge in [-0.1, -0.05) is 49.8 Å². The molecule has 4 rings (SSSR count). The zero-order valence-corrected chi connectivity index (χ0v) is 22.9. The van der Waals surface area contributed by atoms with Crippen LogP contribution in [-0.2, 0) is 10.0 Å². The largest absolute Gasteiger partial charge is 0.504 e. The van der Waals surface area contributed by atoms with Crippen LogP contribution in [0.25, 0.3) is 10.8 Å². The second kappa shape index (κ2) is 11.8. The number of rotatable bonds is 10. The third kappa shape index (κ3) is 6.54. The van der Waals surface area contributed by atoms with Crippen molar-refractivity contribution < 1.29 is 28.5 Å². The number of aromatic hydroxyl groups is 3. The van der Waals surface area contributed by atoms with Gasteiger partial charge in [-0.05, 0) is 79.1 Å². The monoisotopic (exact) mass is 550 g/mol. The third-order valence-corrected chi connectivity index (χ3v) is 8.21. The summed E-state index contributed by atoms with van der Waals surface area (Å²) < 4.78 is 28.5. The van der Waals surface area contributed by atoms with Crippen molar-refractivity contribution in [2.45, 2.75) is 56.8 Å². The number of phenolic OH excluding ortho intramolecular Hbond substituents is 3. The van der Waals surface area contributed by atoms with Gasteiger partial charge in [-0.3, -0.25) is 9.52 Å². The Balaban J connectivity index is 1.42. The lowest BCUT2D eigenvalue weighted by Gasteiger charge is -2.16. The quantitative estimate of drug-likeness (QED) is 0.154. The maximum absolute atomic E-state index is 13.1. The summed E-state index contributed by atoms with van der Waals surface area (Å²) in [5.41, 5.74) is 2.40. The molecule has 1 aliphatic carbocycles. The highest BCUT2D eigenvalue weighted by Crippen LogP contribution is 2.45. The van der Waals surface area contributed by atoms with Gasteiger partial charge in [0.1, 0.15) is 4.90 Å². The summed E-state index contributed by atoms with van der Waals surface area (Å²) in [6.45, 7) is 4.04. The van der Waals surface area contributed by atoms with Gasteiger partial charge in [0.25, 0.3) is 15.9 Å². The van der Waals surface area contributed by atoms with E-state index in [2.05, 4.69) is 28.3 Å². The first-order chi connectivity index (χ1) is 18.6. The molecule has 8 nitrogen and oxygen atoms in total. The van der Waals surface area contributed by atoms with Crippen LogP contribution in [0.2, 0.25) is 0 Å². The number of hydrogen-bond donors (Lipinski definition) is 5. The molecular weight excluding hydrogens is 516 g/mol. The molecule has 5 N–H and O–H groups in total. The molecule has 0 fully saturated rings. The average Bonchev–Trinajstić information content (AvgIpc) is 2.91. The van der Waals surface area contributed by atoms with Crippen molar-refractivity contribution in [3.63, 3.8) is 0 Å². The average molecular weight is 551 g/mol. The predicted molar refractivity (Wildman–Crippen MR) is 153 cm³/mol. The first kappa shape index (κ1) is 28.0. The molecule has 0 aromatic heterocycles. The molecule has 0 bridgehead atoms. The van der Waals surface area contributed by atoms with Crippen molar-refractivity contribution >= 4 is 32.4 Å². The first-order valence-corrected chi connectivity index (χ1v) is 14.5. The number of amides is 1. The second-order valence-electron chi connectivity index (χ2n) is 10.1. The minimum atomic E-state index is -4.29. The van der Waals surface area contributed by atoms with Crippen LogP contribution in [0.15, 0.2) is 71.2 Å². The van der Waals surface area contributed by atoms with Crippen molar-refractivity contribution in [2.24, 2.45) is 0 Å². The molecule has 0 atom stereocenters. The van der Waals surface area contributed by atoms with Crippen molar-refractivity contribution in [3.8, 4) is 17.2 Å². The molecule has 1 amide bonds. The number of carbonyl (C=O) groups excluding carboxylic acids is 1. The van der Waals surface area contributed by atoms with Crippen LogP contribution >= 0.6 is 0 Å². The maximum Gasteiger partial charge on any atom is 0.265 e. The van der Waals surface area contributed by atoms with Crippen LogP contribution in [0.4, 0.5) is 5.69 Å². The minimum absolute atomic E-state index is 0.162. The number of unbranched alkanes of at least 4 members (excludes halogenated alkanes) is 1. The normalized spacial score (nSPS) is 13.5. The lowest BCUT2D eigenvalue weighted by molar-refractivity contribution is 0.0953. The van der Waals surface area contributed by atoms with Gasteiger partial charge in [0, 0.05) is 23.4 Å². The molecule has 1 aliphatic rings. The van der Waals surface area contributed by atoms with Gasteiger partial charge in [-0.25, -0.2) is 8.42 Å². The topological polar surface area (TPSA) is 136 Å². The molecule has 3 aromatic carbocycles.